The zero-order valence-corrected chi connectivity index (χ0v) is 40.3. The molecule has 2 aromatic carbocycles. The first-order valence-corrected chi connectivity index (χ1v) is 23.9. The number of rotatable bonds is 13. The van der Waals surface area contributed by atoms with Gasteiger partial charge in [-0.25, -0.2) is 4.79 Å². The van der Waals surface area contributed by atoms with Gasteiger partial charge in [0.25, 0.3) is 0 Å². The van der Waals surface area contributed by atoms with Gasteiger partial charge < -0.3 is 29.9 Å². The Morgan fingerprint density at radius 2 is 1.48 bits per heavy atom. The molecule has 0 saturated heterocycles. The molecule has 60 heavy (non-hydrogen) atoms. The number of amides is 3. The second kappa shape index (κ2) is 21.7. The Morgan fingerprint density at radius 1 is 0.883 bits per heavy atom. The van der Waals surface area contributed by atoms with E-state index >= 15 is 0 Å². The Morgan fingerprint density at radius 3 is 2.03 bits per heavy atom. The monoisotopic (exact) mass is 865 g/mol. The zero-order chi connectivity index (χ0) is 45.2. The number of halogens is 1. The highest BCUT2D eigenvalue weighted by Crippen LogP contribution is 2.42. The standard InChI is InChI=1S/C48H72ClN3O7Si/c1-30(2)60(31(3)4,32(5)6)58-29-36-22-20-35(21-23-36)19-18-33(7)41-16-15-17-43(53)51-39(27-37-24-25-42(57-14)38(49)26-37)44(54)50-34(8)48(12,13)46(56)52-40(45(55)59-41)28-47(9,10)11/h15,17-26,30-34,39-41H,16,27-29H2,1-14H3,(H,50,54)(H,51,53)(H,52,56)/b17-15+,19-18+/t33-,34?,39-,40+,41+/m1/s1. The van der Waals surface area contributed by atoms with E-state index in [4.69, 9.17) is 25.5 Å². The van der Waals surface area contributed by atoms with E-state index in [1.165, 1.54) is 13.2 Å². The van der Waals surface area contributed by atoms with Crippen molar-refractivity contribution in [2.45, 2.75) is 157 Å². The van der Waals surface area contributed by atoms with Crippen molar-refractivity contribution in [2.75, 3.05) is 7.11 Å². The Bertz CT molecular complexity index is 1810. The normalized spacial score (nSPS) is 22.4. The summed E-state index contributed by atoms with van der Waals surface area (Å²) in [6.07, 6.45) is 6.99. The molecule has 332 valence electrons. The van der Waals surface area contributed by atoms with Crippen LogP contribution >= 0.6 is 11.6 Å². The van der Waals surface area contributed by atoms with E-state index in [9.17, 15) is 19.2 Å². The van der Waals surface area contributed by atoms with Crippen LogP contribution in [0.5, 0.6) is 5.75 Å². The number of benzene rings is 2. The van der Waals surface area contributed by atoms with Crippen LogP contribution in [0.15, 0.2) is 60.7 Å². The molecule has 12 heteroatoms. The minimum absolute atomic E-state index is 0.133. The lowest BCUT2D eigenvalue weighted by molar-refractivity contribution is -0.156. The number of hydrogen-bond donors (Lipinski definition) is 3. The number of carbonyl (C=O) groups excluding carboxylic acids is 4. The van der Waals surface area contributed by atoms with Crippen LogP contribution in [0.4, 0.5) is 0 Å². The number of esters is 1. The molecule has 1 unspecified atom stereocenters. The van der Waals surface area contributed by atoms with Crippen molar-refractivity contribution < 1.29 is 33.1 Å². The van der Waals surface area contributed by atoms with Crippen molar-refractivity contribution in [3.05, 3.63) is 82.4 Å². The fourth-order valence-electron chi connectivity index (χ4n) is 8.07. The predicted octanol–water partition coefficient (Wildman–Crippen LogP) is 9.74. The molecule has 1 aliphatic rings. The van der Waals surface area contributed by atoms with Crippen LogP contribution in [0.3, 0.4) is 0 Å². The summed E-state index contributed by atoms with van der Waals surface area (Å²) in [5.41, 5.74) is 2.81. The molecule has 0 bridgehead atoms. The molecule has 0 saturated carbocycles. The first-order chi connectivity index (χ1) is 27.9. The maximum Gasteiger partial charge on any atom is 0.328 e. The number of methoxy groups -OCH3 is 1. The van der Waals surface area contributed by atoms with Gasteiger partial charge in [-0.3, -0.25) is 14.4 Å². The molecule has 1 aliphatic heterocycles. The molecule has 0 spiro atoms. The van der Waals surface area contributed by atoms with Gasteiger partial charge in [-0.15, -0.1) is 0 Å². The third kappa shape index (κ3) is 13.8. The fourth-order valence-corrected chi connectivity index (χ4v) is 13.8. The minimum atomic E-state index is -2.01. The lowest BCUT2D eigenvalue weighted by Gasteiger charge is -2.42. The number of nitrogens with one attached hydrogen (secondary N) is 3. The highest BCUT2D eigenvalue weighted by Gasteiger charge is 2.45. The van der Waals surface area contributed by atoms with Gasteiger partial charge in [0, 0.05) is 24.8 Å². The molecule has 3 N–H and O–H groups in total. The van der Waals surface area contributed by atoms with Gasteiger partial charge >= 0.3 is 5.97 Å². The van der Waals surface area contributed by atoms with Crippen molar-refractivity contribution in [1.29, 1.82) is 0 Å². The molecule has 0 fully saturated rings. The summed E-state index contributed by atoms with van der Waals surface area (Å²) in [6.45, 7) is 27.4. The Labute approximate surface area is 366 Å². The number of ether oxygens (including phenoxy) is 2. The molecule has 3 amide bonds. The van der Waals surface area contributed by atoms with E-state index in [-0.39, 0.29) is 24.2 Å². The summed E-state index contributed by atoms with van der Waals surface area (Å²) in [4.78, 5) is 55.3. The molecule has 0 aromatic heterocycles. The number of hydrogen-bond acceptors (Lipinski definition) is 7. The van der Waals surface area contributed by atoms with Gasteiger partial charge in [0.1, 0.15) is 23.9 Å². The first kappa shape index (κ1) is 50.4. The number of cyclic esters (lactones) is 1. The number of carbonyl (C=O) groups is 4. The van der Waals surface area contributed by atoms with Crippen molar-refractivity contribution in [3.63, 3.8) is 0 Å². The molecular weight excluding hydrogens is 794 g/mol. The van der Waals surface area contributed by atoms with Crippen molar-refractivity contribution >= 4 is 49.7 Å². The lowest BCUT2D eigenvalue weighted by Crippen LogP contribution is -2.58. The maximum atomic E-state index is 14.0. The summed E-state index contributed by atoms with van der Waals surface area (Å²) in [7, 11) is -0.491. The third-order valence-electron chi connectivity index (χ3n) is 12.0. The van der Waals surface area contributed by atoms with Crippen LogP contribution in [0.25, 0.3) is 6.08 Å². The Hall–Kier alpha value is -3.93. The average molecular weight is 867 g/mol. The molecule has 10 nitrogen and oxygen atoms in total. The Balaban J connectivity index is 1.94. The van der Waals surface area contributed by atoms with E-state index in [1.807, 2.05) is 39.8 Å². The molecule has 0 aliphatic carbocycles. The third-order valence-corrected chi connectivity index (χ3v) is 18.3. The lowest BCUT2D eigenvalue weighted by atomic mass is 9.82. The second-order valence-electron chi connectivity index (χ2n) is 19.2. The smallest absolute Gasteiger partial charge is 0.328 e. The molecule has 2 aromatic rings. The van der Waals surface area contributed by atoms with E-state index in [0.29, 0.717) is 46.0 Å². The molecule has 0 radical (unpaired) electrons. The van der Waals surface area contributed by atoms with Gasteiger partial charge in [-0.05, 0) is 84.1 Å². The van der Waals surface area contributed by atoms with Gasteiger partial charge in [0.05, 0.1) is 24.2 Å². The summed E-state index contributed by atoms with van der Waals surface area (Å²) < 4.78 is 18.3. The fraction of sp³-hybridized carbons (Fsp3) is 0.583. The van der Waals surface area contributed by atoms with Crippen molar-refractivity contribution in [1.82, 2.24) is 16.0 Å². The first-order valence-electron chi connectivity index (χ1n) is 21.4. The highest BCUT2D eigenvalue weighted by atomic mass is 35.5. The largest absolute Gasteiger partial charge is 0.495 e. The van der Waals surface area contributed by atoms with Crippen molar-refractivity contribution in [3.8, 4) is 5.75 Å². The van der Waals surface area contributed by atoms with Crippen LogP contribution in [0, 0.1) is 16.7 Å². The van der Waals surface area contributed by atoms with Gasteiger partial charge in [0.15, 0.2) is 0 Å². The van der Waals surface area contributed by atoms with Crippen LogP contribution in [0.2, 0.25) is 21.6 Å². The summed E-state index contributed by atoms with van der Waals surface area (Å²) in [6, 6.07) is 10.9. The van der Waals surface area contributed by atoms with Gasteiger partial charge in [0.2, 0.25) is 26.0 Å². The summed E-state index contributed by atoms with van der Waals surface area (Å²) >= 11 is 6.40. The average Bonchev–Trinajstić information content (AvgIpc) is 3.15. The topological polar surface area (TPSA) is 132 Å². The Kier molecular flexibility index (Phi) is 18.3. The molecule has 3 rings (SSSR count). The molecule has 1 heterocycles. The van der Waals surface area contributed by atoms with Gasteiger partial charge in [-0.1, -0.05) is 129 Å². The molecule has 5 atom stereocenters. The van der Waals surface area contributed by atoms with E-state index < -0.39 is 61.7 Å². The highest BCUT2D eigenvalue weighted by molar-refractivity contribution is 6.77. The van der Waals surface area contributed by atoms with E-state index in [2.05, 4.69) is 81.8 Å². The summed E-state index contributed by atoms with van der Waals surface area (Å²) in [5, 5.41) is 9.12. The quantitative estimate of drug-likeness (QED) is 0.135. The van der Waals surface area contributed by atoms with Gasteiger partial charge in [-0.2, -0.15) is 0 Å². The summed E-state index contributed by atoms with van der Waals surface area (Å²) in [5.74, 6) is -1.74. The SMILES string of the molecule is COc1ccc(C[C@H]2NC(=O)/C=C/C[C@@H]([C@H](C)/C=C/c3ccc(CO[Si](C(C)C)(C(C)C)C(C)C)cc3)OC(=O)[C@H](CC(C)(C)C)NC(=O)C(C)(C)C(C)NC2=O)cc1Cl. The van der Waals surface area contributed by atoms with Crippen LogP contribution in [0.1, 0.15) is 120 Å². The van der Waals surface area contributed by atoms with E-state index in [0.717, 1.165) is 11.1 Å². The van der Waals surface area contributed by atoms with Crippen LogP contribution < -0.4 is 20.7 Å². The zero-order valence-electron chi connectivity index (χ0n) is 38.5. The van der Waals surface area contributed by atoms with E-state index in [1.54, 1.807) is 45.0 Å². The maximum absolute atomic E-state index is 14.0. The predicted molar refractivity (Wildman–Crippen MR) is 245 cm³/mol. The van der Waals surface area contributed by atoms with Crippen molar-refractivity contribution in [2.24, 2.45) is 16.7 Å². The minimum Gasteiger partial charge on any atom is -0.495 e. The molecular formula is C48H72ClN3O7Si. The second-order valence-corrected chi connectivity index (χ2v) is 25.0. The van der Waals surface area contributed by atoms with Crippen LogP contribution in [-0.2, 0) is 41.4 Å². The van der Waals surface area contributed by atoms with Crippen LogP contribution in [-0.4, -0.2) is 63.3 Å².